The molecule has 2 unspecified atom stereocenters. The third kappa shape index (κ3) is 18.0. The summed E-state index contributed by atoms with van der Waals surface area (Å²) in [6.45, 7) is 0. The fraction of sp³-hybridized carbons (Fsp3) is 0.400. The number of hydrogen-bond acceptors (Lipinski definition) is 10. The van der Waals surface area contributed by atoms with Crippen molar-refractivity contribution in [3.8, 4) is 0 Å². The number of aryl methyl sites for hydroxylation is 4. The van der Waals surface area contributed by atoms with Crippen LogP contribution in [0.2, 0.25) is 12.1 Å². The molecular weight excluding hydrogens is 1070 g/mol. The van der Waals surface area contributed by atoms with Crippen molar-refractivity contribution in [2.24, 2.45) is 0 Å². The predicted octanol–water partition coefficient (Wildman–Crippen LogP) is 1.07. The van der Waals surface area contributed by atoms with Gasteiger partial charge in [0.05, 0.1) is 10.8 Å². The van der Waals surface area contributed by atoms with E-state index in [-0.39, 0.29) is 100 Å². The van der Waals surface area contributed by atoms with Gasteiger partial charge in [-0.3, -0.25) is 0 Å². The Hall–Kier alpha value is -0.342. The Bertz CT molecular complexity index is 2210. The Morgan fingerprint density at radius 3 is 0.985 bits per heavy atom. The van der Waals surface area contributed by atoms with Crippen molar-refractivity contribution < 1.29 is 134 Å². The minimum Gasteiger partial charge on any atom is -0.774 e. The Morgan fingerprint density at radius 2 is 0.746 bits per heavy atom. The molecule has 0 amide bonds. The number of alkyl halides is 2. The van der Waals surface area contributed by atoms with Crippen molar-refractivity contribution in [3.63, 3.8) is 0 Å². The zero-order valence-electron chi connectivity index (χ0n) is 36.7. The first-order valence-electron chi connectivity index (χ1n) is 18.7. The average Bonchev–Trinajstić information content (AvgIpc) is 3.27. The van der Waals surface area contributed by atoms with Gasteiger partial charge in [-0.2, -0.15) is 0 Å². The summed E-state index contributed by atoms with van der Waals surface area (Å²) in [5, 5.41) is -2.77. The van der Waals surface area contributed by atoms with Gasteiger partial charge >= 0.3 is 76.7 Å². The Kier molecular flexibility index (Phi) is 32.1. The molecular formula is C40H52Cl2F8Na2O9S2Si4. The maximum Gasteiger partial charge on any atom is 1.00 e. The van der Waals surface area contributed by atoms with Gasteiger partial charge in [0, 0.05) is 65.9 Å². The first-order valence-corrected chi connectivity index (χ1v) is 25.2. The van der Waals surface area contributed by atoms with Gasteiger partial charge in [0.2, 0.25) is 0 Å². The molecule has 0 N–H and O–H groups in total. The maximum atomic E-state index is 14.2. The Labute approximate surface area is 457 Å². The van der Waals surface area contributed by atoms with Gasteiger partial charge in [-0.25, -0.2) is 43.5 Å². The van der Waals surface area contributed by atoms with Crippen LogP contribution in [0, 0.1) is 46.5 Å². The molecule has 67 heavy (non-hydrogen) atoms. The fourth-order valence-electron chi connectivity index (χ4n) is 6.35. The largest absolute Gasteiger partial charge is 1.00 e. The summed E-state index contributed by atoms with van der Waals surface area (Å²) in [7, 11) is -1.96. The first kappa shape index (κ1) is 68.7. The van der Waals surface area contributed by atoms with Crippen LogP contribution in [0.4, 0.5) is 35.1 Å². The summed E-state index contributed by atoms with van der Waals surface area (Å²) in [6, 6.07) is 15.9. The molecule has 27 heteroatoms. The van der Waals surface area contributed by atoms with Crippen molar-refractivity contribution in [1.82, 2.24) is 0 Å². The second kappa shape index (κ2) is 31.3. The van der Waals surface area contributed by atoms with Crippen molar-refractivity contribution in [2.45, 2.75) is 71.2 Å². The molecule has 0 aromatic heterocycles. The van der Waals surface area contributed by atoms with E-state index in [0.29, 0.717) is 31.4 Å². The summed E-state index contributed by atoms with van der Waals surface area (Å²) in [4.78, 5) is -3.32. The van der Waals surface area contributed by atoms with Crippen molar-refractivity contribution in [1.29, 1.82) is 0 Å². The van der Waals surface area contributed by atoms with Crippen molar-refractivity contribution >= 4 is 85.5 Å². The van der Waals surface area contributed by atoms with E-state index in [0.717, 1.165) is 22.3 Å². The molecule has 0 fully saturated rings. The molecule has 2 atom stereocenters. The zero-order valence-corrected chi connectivity index (χ0v) is 45.8. The molecule has 4 aromatic carbocycles. The standard InChI is InChI=1S/C20H23ClF4O6SSi.C20H23ClF4O3SSi.2Na.2H4Si/c1-29-33(30-2,31-3)11-10-13-6-4-12(5-7-13)8-9-14(21)15-16(22)18(24)20(32(26,27)28)19(25)17(15)23;1-26-30(27-2,28-3)11-10-13-6-4-12(5-7-13)8-9-14(21)15-16(22)18(24)20(29)19(25)17(15)23;;;;/h4-7,14H,8-11H2,1-3H3,(H,26,27,28);4-7,14,29H,8-11H2,1-3H3;;;2*1H4/q;;2*+1;;/p-2. The van der Waals surface area contributed by atoms with E-state index in [1.54, 1.807) is 33.5 Å². The van der Waals surface area contributed by atoms with Gasteiger partial charge in [0.15, 0.2) is 34.9 Å². The SMILES string of the molecule is CO[Si](CCc1ccc(CCC(Cl)c2c(F)c(F)c(S(=O)(=O)[O-])c(F)c2F)cc1)(OC)OC.CO[Si](CCc1ccc(CCC(Cl)c2c(F)c(F)c([S-])c(F)c2F)cc1)(OC)OC.[Na+].[Na+].[SiH4].[SiH4]. The monoisotopic (exact) mass is 1120 g/mol. The normalized spacial score (nSPS) is 12.4. The second-order valence-electron chi connectivity index (χ2n) is 13.7. The zero-order chi connectivity index (χ0) is 47.4. The summed E-state index contributed by atoms with van der Waals surface area (Å²) >= 11 is 16.4. The van der Waals surface area contributed by atoms with Gasteiger partial charge in [0.1, 0.15) is 26.6 Å². The van der Waals surface area contributed by atoms with Crippen LogP contribution in [0.5, 0.6) is 0 Å². The molecule has 0 aliphatic rings. The fourth-order valence-corrected chi connectivity index (χ4v) is 11.2. The average molecular weight is 1120 g/mol. The number of hydrogen-bond donors (Lipinski definition) is 0. The second-order valence-corrected chi connectivity index (χ2v) is 22.6. The number of benzene rings is 4. The van der Waals surface area contributed by atoms with E-state index < -0.39 is 106 Å². The number of halogens is 10. The minimum absolute atomic E-state index is 0. The van der Waals surface area contributed by atoms with Gasteiger partial charge in [-0.05, 0) is 82.7 Å². The Balaban J connectivity index is 0. The minimum atomic E-state index is -5.77. The molecule has 0 aliphatic carbocycles. The van der Waals surface area contributed by atoms with Crippen LogP contribution in [-0.2, 0) is 75.0 Å². The summed E-state index contributed by atoms with van der Waals surface area (Å²) in [6.07, 6.45) is 1.82. The molecule has 0 heterocycles. The summed E-state index contributed by atoms with van der Waals surface area (Å²) in [5.74, 6) is -14.9. The predicted molar refractivity (Wildman–Crippen MR) is 246 cm³/mol. The molecule has 0 bridgehead atoms. The molecule has 0 radical (unpaired) electrons. The van der Waals surface area contributed by atoms with Crippen LogP contribution >= 0.6 is 23.2 Å². The third-order valence-corrected chi connectivity index (χ3v) is 17.7. The van der Waals surface area contributed by atoms with E-state index in [2.05, 4.69) is 12.6 Å². The van der Waals surface area contributed by atoms with Crippen LogP contribution < -0.4 is 59.1 Å². The molecule has 366 valence electrons. The van der Waals surface area contributed by atoms with E-state index in [4.69, 9.17) is 49.8 Å². The van der Waals surface area contributed by atoms with Gasteiger partial charge in [0.25, 0.3) is 0 Å². The van der Waals surface area contributed by atoms with E-state index in [9.17, 15) is 48.1 Å². The first-order chi connectivity index (χ1) is 29.6. The Morgan fingerprint density at radius 1 is 0.507 bits per heavy atom. The van der Waals surface area contributed by atoms with Crippen LogP contribution in [-0.4, -0.2) is 95.2 Å². The maximum absolute atomic E-state index is 14.2. The smallest absolute Gasteiger partial charge is 0.774 e. The van der Waals surface area contributed by atoms with Gasteiger partial charge < -0.3 is 43.7 Å². The van der Waals surface area contributed by atoms with Crippen molar-refractivity contribution in [3.05, 3.63) is 128 Å². The summed E-state index contributed by atoms with van der Waals surface area (Å²) in [5.41, 5.74) is 1.58. The van der Waals surface area contributed by atoms with Crippen molar-refractivity contribution in [2.75, 3.05) is 42.7 Å². The van der Waals surface area contributed by atoms with Crippen LogP contribution in [0.25, 0.3) is 0 Å². The van der Waals surface area contributed by atoms with Crippen LogP contribution in [0.1, 0.15) is 57.0 Å². The number of rotatable bonds is 21. The van der Waals surface area contributed by atoms with Gasteiger partial charge in [-0.15, -0.1) is 23.2 Å². The van der Waals surface area contributed by atoms with E-state index in [1.807, 2.05) is 36.4 Å². The topological polar surface area (TPSA) is 113 Å². The van der Waals surface area contributed by atoms with Crippen LogP contribution in [0.15, 0.2) is 58.3 Å². The molecule has 4 aromatic rings. The van der Waals surface area contributed by atoms with E-state index in [1.165, 1.54) is 21.3 Å². The van der Waals surface area contributed by atoms with E-state index >= 15 is 0 Å². The quantitative estimate of drug-likeness (QED) is 0.0301. The molecule has 4 rings (SSSR count). The molecule has 0 saturated heterocycles. The summed E-state index contributed by atoms with van der Waals surface area (Å²) < 4.78 is 177. The molecule has 0 saturated carbocycles. The molecule has 0 spiro atoms. The molecule has 0 aliphatic heterocycles. The third-order valence-electron chi connectivity index (χ3n) is 10.1. The molecule has 9 nitrogen and oxygen atoms in total. The van der Waals surface area contributed by atoms with Gasteiger partial charge in [-0.1, -0.05) is 53.4 Å². The van der Waals surface area contributed by atoms with Crippen LogP contribution in [0.3, 0.4) is 0 Å².